The Labute approximate surface area is 177 Å². The van der Waals surface area contributed by atoms with Crippen molar-refractivity contribution < 1.29 is 9.47 Å². The van der Waals surface area contributed by atoms with Crippen LogP contribution in [0.4, 0.5) is 5.00 Å². The van der Waals surface area contributed by atoms with E-state index in [9.17, 15) is 0 Å². The predicted octanol–water partition coefficient (Wildman–Crippen LogP) is 3.50. The first-order valence-electron chi connectivity index (χ1n) is 10.3. The summed E-state index contributed by atoms with van der Waals surface area (Å²) in [5, 5.41) is 10.5. The summed E-state index contributed by atoms with van der Waals surface area (Å²) in [6.07, 6.45) is 2.24. The fraction of sp³-hybridized carbons (Fsp3) is 0.500. The molecule has 0 amide bonds. The summed E-state index contributed by atoms with van der Waals surface area (Å²) in [4.78, 5) is 7.15. The van der Waals surface area contributed by atoms with Crippen LogP contribution in [0.5, 0.6) is 5.75 Å². The number of rotatable bonds is 9. The van der Waals surface area contributed by atoms with Gasteiger partial charge in [-0.05, 0) is 55.0 Å². The Hall–Kier alpha value is -2.25. The van der Waals surface area contributed by atoms with Crippen LogP contribution in [0.1, 0.15) is 25.3 Å². The van der Waals surface area contributed by atoms with E-state index >= 15 is 0 Å². The van der Waals surface area contributed by atoms with Gasteiger partial charge in [-0.2, -0.15) is 0 Å². The van der Waals surface area contributed by atoms with E-state index in [0.717, 1.165) is 49.7 Å². The molecule has 2 heterocycles. The first-order valence-corrected chi connectivity index (χ1v) is 11.2. The molecule has 0 spiro atoms. The normalized spacial score (nSPS) is 15.4. The van der Waals surface area contributed by atoms with Crippen LogP contribution in [0.25, 0.3) is 0 Å². The minimum atomic E-state index is 0.460. The van der Waals surface area contributed by atoms with Crippen molar-refractivity contribution >= 4 is 22.3 Å². The number of methoxy groups -OCH3 is 1. The van der Waals surface area contributed by atoms with Crippen molar-refractivity contribution in [1.29, 1.82) is 0 Å². The van der Waals surface area contributed by atoms with Gasteiger partial charge in [0.05, 0.1) is 31.9 Å². The first kappa shape index (κ1) is 21.5. The highest BCUT2D eigenvalue weighted by Crippen LogP contribution is 2.24. The number of guanidine groups is 1. The van der Waals surface area contributed by atoms with Crippen LogP contribution in [0, 0.1) is 0 Å². The molecular formula is C22H32N4O2S. The molecule has 29 heavy (non-hydrogen) atoms. The first-order chi connectivity index (χ1) is 14.3. The number of ether oxygens (including phenoxy) is 2. The maximum absolute atomic E-state index is 5.77. The number of nitrogens with zero attached hydrogens (tertiary/aromatic N) is 2. The molecular weight excluding hydrogens is 384 g/mol. The number of thiophene rings is 1. The van der Waals surface area contributed by atoms with E-state index in [2.05, 4.69) is 45.0 Å². The molecule has 0 radical (unpaired) electrons. The molecule has 1 saturated heterocycles. The van der Waals surface area contributed by atoms with Crippen molar-refractivity contribution in [2.75, 3.05) is 44.8 Å². The molecule has 158 valence electrons. The lowest BCUT2D eigenvalue weighted by Crippen LogP contribution is -2.48. The van der Waals surface area contributed by atoms with Gasteiger partial charge in [-0.1, -0.05) is 12.1 Å². The lowest BCUT2D eigenvalue weighted by atomic mass is 10.1. The summed E-state index contributed by atoms with van der Waals surface area (Å²) in [6, 6.07) is 12.7. The Kier molecular flexibility index (Phi) is 8.64. The van der Waals surface area contributed by atoms with Crippen molar-refractivity contribution in [1.82, 2.24) is 10.6 Å². The summed E-state index contributed by atoms with van der Waals surface area (Å²) >= 11 is 1.82. The predicted molar refractivity (Wildman–Crippen MR) is 121 cm³/mol. The fourth-order valence-corrected chi connectivity index (χ4v) is 4.17. The zero-order valence-corrected chi connectivity index (χ0v) is 18.2. The summed E-state index contributed by atoms with van der Waals surface area (Å²) < 4.78 is 11.0. The summed E-state index contributed by atoms with van der Waals surface area (Å²) in [5.74, 6) is 1.74. The molecule has 6 nitrogen and oxygen atoms in total. The third-order valence-electron chi connectivity index (χ3n) is 4.91. The van der Waals surface area contributed by atoms with Crippen molar-refractivity contribution in [2.45, 2.75) is 32.4 Å². The summed E-state index contributed by atoms with van der Waals surface area (Å²) in [5.41, 5.74) is 1.11. The zero-order valence-electron chi connectivity index (χ0n) is 17.4. The van der Waals surface area contributed by atoms with Crippen molar-refractivity contribution in [3.05, 3.63) is 47.3 Å². The third kappa shape index (κ3) is 6.94. The van der Waals surface area contributed by atoms with Gasteiger partial charge in [-0.3, -0.25) is 4.99 Å². The maximum Gasteiger partial charge on any atom is 0.191 e. The van der Waals surface area contributed by atoms with Gasteiger partial charge in [0.15, 0.2) is 5.96 Å². The van der Waals surface area contributed by atoms with Crippen LogP contribution in [-0.4, -0.2) is 51.9 Å². The van der Waals surface area contributed by atoms with Gasteiger partial charge in [0, 0.05) is 25.7 Å². The molecule has 2 N–H and O–H groups in total. The van der Waals surface area contributed by atoms with Gasteiger partial charge in [0.2, 0.25) is 0 Å². The molecule has 2 aromatic rings. The molecule has 0 saturated carbocycles. The minimum Gasteiger partial charge on any atom is -0.497 e. The molecule has 0 bridgehead atoms. The second-order valence-electron chi connectivity index (χ2n) is 7.02. The fourth-order valence-electron chi connectivity index (χ4n) is 3.38. The number of hydrogen-bond acceptors (Lipinski definition) is 5. The van der Waals surface area contributed by atoms with Gasteiger partial charge < -0.3 is 25.0 Å². The maximum atomic E-state index is 5.77. The van der Waals surface area contributed by atoms with Crippen LogP contribution >= 0.6 is 11.3 Å². The number of aliphatic imine (C=N–C) groups is 1. The molecule has 0 aliphatic carbocycles. The highest BCUT2D eigenvalue weighted by atomic mass is 32.1. The molecule has 1 aliphatic heterocycles. The second kappa shape index (κ2) is 11.7. The molecule has 1 aromatic heterocycles. The number of piperidine rings is 1. The Morgan fingerprint density at radius 3 is 2.83 bits per heavy atom. The highest BCUT2D eigenvalue weighted by Gasteiger charge is 2.20. The molecule has 1 aliphatic rings. The van der Waals surface area contributed by atoms with E-state index in [0.29, 0.717) is 25.8 Å². The van der Waals surface area contributed by atoms with Gasteiger partial charge in [-0.25, -0.2) is 0 Å². The van der Waals surface area contributed by atoms with E-state index in [4.69, 9.17) is 9.47 Å². The van der Waals surface area contributed by atoms with E-state index < -0.39 is 0 Å². The van der Waals surface area contributed by atoms with E-state index in [1.807, 2.05) is 35.6 Å². The Morgan fingerprint density at radius 2 is 2.10 bits per heavy atom. The number of nitrogens with one attached hydrogen (secondary N) is 2. The largest absolute Gasteiger partial charge is 0.497 e. The second-order valence-corrected chi connectivity index (χ2v) is 7.95. The van der Waals surface area contributed by atoms with Gasteiger partial charge in [0.1, 0.15) is 5.75 Å². The average Bonchev–Trinajstić information content (AvgIpc) is 3.29. The molecule has 0 atom stereocenters. The van der Waals surface area contributed by atoms with E-state index in [1.165, 1.54) is 5.00 Å². The van der Waals surface area contributed by atoms with Gasteiger partial charge in [-0.15, -0.1) is 11.3 Å². The minimum absolute atomic E-state index is 0.460. The topological polar surface area (TPSA) is 58.1 Å². The van der Waals surface area contributed by atoms with Crippen LogP contribution in [0.3, 0.4) is 0 Å². The van der Waals surface area contributed by atoms with Gasteiger partial charge in [0.25, 0.3) is 0 Å². The third-order valence-corrected chi connectivity index (χ3v) is 5.84. The standard InChI is InChI=1S/C22H32N4O2S/c1-3-23-22(24-11-14-28-17-18-6-4-7-20(16-18)27-2)25-19-9-12-26(13-10-19)21-8-5-15-29-21/h4-8,15-16,19H,3,9-14,17H2,1-2H3,(H2,23,24,25). The van der Waals surface area contributed by atoms with Crippen LogP contribution < -0.4 is 20.3 Å². The lowest BCUT2D eigenvalue weighted by Gasteiger charge is -2.33. The molecule has 0 unspecified atom stereocenters. The quantitative estimate of drug-likeness (QED) is 0.372. The molecule has 1 fully saturated rings. The molecule has 7 heteroatoms. The van der Waals surface area contributed by atoms with Crippen molar-refractivity contribution in [3.63, 3.8) is 0 Å². The molecule has 3 rings (SSSR count). The van der Waals surface area contributed by atoms with Crippen LogP contribution in [0.2, 0.25) is 0 Å². The summed E-state index contributed by atoms with van der Waals surface area (Å²) in [7, 11) is 1.68. The van der Waals surface area contributed by atoms with Crippen LogP contribution in [0.15, 0.2) is 46.8 Å². The summed E-state index contributed by atoms with van der Waals surface area (Å²) in [6.45, 7) is 6.90. The van der Waals surface area contributed by atoms with Gasteiger partial charge >= 0.3 is 0 Å². The monoisotopic (exact) mass is 416 g/mol. The Balaban J connectivity index is 1.39. The highest BCUT2D eigenvalue weighted by molar-refractivity contribution is 7.14. The Morgan fingerprint density at radius 1 is 1.24 bits per heavy atom. The SMILES string of the molecule is CCNC(=NCCOCc1cccc(OC)c1)NC1CCN(c2cccs2)CC1. The number of benzene rings is 1. The van der Waals surface area contributed by atoms with Crippen LogP contribution in [-0.2, 0) is 11.3 Å². The van der Waals surface area contributed by atoms with E-state index in [1.54, 1.807) is 7.11 Å². The zero-order chi connectivity index (χ0) is 20.3. The lowest BCUT2D eigenvalue weighted by molar-refractivity contribution is 0.128. The number of anilines is 1. The smallest absolute Gasteiger partial charge is 0.191 e. The number of hydrogen-bond donors (Lipinski definition) is 2. The van der Waals surface area contributed by atoms with Crippen molar-refractivity contribution in [2.24, 2.45) is 4.99 Å². The Bertz CT molecular complexity index is 743. The van der Waals surface area contributed by atoms with E-state index in [-0.39, 0.29) is 0 Å². The molecule has 1 aromatic carbocycles. The van der Waals surface area contributed by atoms with Crippen molar-refractivity contribution in [3.8, 4) is 5.75 Å². The average molecular weight is 417 g/mol.